The van der Waals surface area contributed by atoms with Crippen molar-refractivity contribution in [2.45, 2.75) is 20.8 Å². The molecule has 4 rings (SSSR count). The third-order valence-corrected chi connectivity index (χ3v) is 5.92. The number of carbonyl (C=O) groups is 2. The summed E-state index contributed by atoms with van der Waals surface area (Å²) in [5, 5.41) is 3.15. The molecule has 8 heteroatoms. The molecule has 1 aromatic carbocycles. The number of benzene rings is 1. The molecule has 2 amide bonds. The fourth-order valence-electron chi connectivity index (χ4n) is 3.64. The van der Waals surface area contributed by atoms with E-state index in [1.807, 2.05) is 42.7 Å². The Bertz CT molecular complexity index is 1260. The second-order valence-electron chi connectivity index (χ2n) is 7.19. The first-order chi connectivity index (χ1) is 14.8. The quantitative estimate of drug-likeness (QED) is 0.367. The van der Waals surface area contributed by atoms with Gasteiger partial charge in [-0.2, -0.15) is 0 Å². The molecule has 1 aliphatic rings. The molecule has 1 aliphatic heterocycles. The van der Waals surface area contributed by atoms with Gasteiger partial charge >= 0.3 is 0 Å². The van der Waals surface area contributed by atoms with E-state index in [9.17, 15) is 9.59 Å². The number of halogens is 1. The lowest BCUT2D eigenvalue weighted by Crippen LogP contribution is -2.54. The summed E-state index contributed by atoms with van der Waals surface area (Å²) in [7, 11) is 0. The SMILES string of the molecule is Cc1c(Cl)cccc1N1C(=O)/C(=C/c2cc(C)n(-c3ccccn3)c2C)C(=O)NC1=S. The highest BCUT2D eigenvalue weighted by molar-refractivity contribution is 7.80. The van der Waals surface area contributed by atoms with Gasteiger partial charge in [0.2, 0.25) is 0 Å². The molecule has 0 atom stereocenters. The molecule has 0 saturated carbocycles. The van der Waals surface area contributed by atoms with Crippen molar-refractivity contribution >= 4 is 52.5 Å². The zero-order chi connectivity index (χ0) is 22.3. The van der Waals surface area contributed by atoms with Gasteiger partial charge in [-0.05, 0) is 80.5 Å². The van der Waals surface area contributed by atoms with Crippen LogP contribution in [0.25, 0.3) is 11.9 Å². The van der Waals surface area contributed by atoms with E-state index in [1.165, 1.54) is 4.90 Å². The topological polar surface area (TPSA) is 67.2 Å². The fraction of sp³-hybridized carbons (Fsp3) is 0.130. The number of rotatable bonds is 3. The van der Waals surface area contributed by atoms with Gasteiger partial charge in [0.15, 0.2) is 5.11 Å². The number of amides is 2. The van der Waals surface area contributed by atoms with Crippen LogP contribution in [0.5, 0.6) is 0 Å². The zero-order valence-electron chi connectivity index (χ0n) is 17.1. The maximum absolute atomic E-state index is 13.3. The third-order valence-electron chi connectivity index (χ3n) is 5.23. The van der Waals surface area contributed by atoms with Crippen molar-refractivity contribution in [2.24, 2.45) is 0 Å². The third kappa shape index (κ3) is 3.66. The molecule has 0 bridgehead atoms. The first-order valence-corrected chi connectivity index (χ1v) is 10.3. The number of thiocarbonyl (C=S) groups is 1. The molecule has 0 aliphatic carbocycles. The number of pyridine rings is 1. The van der Waals surface area contributed by atoms with Crippen LogP contribution in [-0.2, 0) is 9.59 Å². The molecule has 0 spiro atoms. The molecular formula is C23H19ClN4O2S. The van der Waals surface area contributed by atoms with Gasteiger partial charge in [0.1, 0.15) is 11.4 Å². The van der Waals surface area contributed by atoms with Crippen LogP contribution < -0.4 is 10.2 Å². The van der Waals surface area contributed by atoms with Gasteiger partial charge in [-0.15, -0.1) is 0 Å². The number of nitrogens with zero attached hydrogens (tertiary/aromatic N) is 3. The van der Waals surface area contributed by atoms with Gasteiger partial charge in [-0.1, -0.05) is 23.7 Å². The molecule has 1 saturated heterocycles. The summed E-state index contributed by atoms with van der Waals surface area (Å²) in [4.78, 5) is 31.7. The summed E-state index contributed by atoms with van der Waals surface area (Å²) in [5.41, 5.74) is 3.77. The van der Waals surface area contributed by atoms with Crippen molar-refractivity contribution in [1.29, 1.82) is 0 Å². The minimum Gasteiger partial charge on any atom is -0.303 e. The Morgan fingerprint density at radius 1 is 1.10 bits per heavy atom. The number of nitrogens with one attached hydrogen (secondary N) is 1. The molecule has 1 fully saturated rings. The number of hydrogen-bond donors (Lipinski definition) is 1. The van der Waals surface area contributed by atoms with Crippen LogP contribution in [0.1, 0.15) is 22.5 Å². The summed E-state index contributed by atoms with van der Waals surface area (Å²) in [6.45, 7) is 5.67. The molecular weight excluding hydrogens is 432 g/mol. The molecule has 0 unspecified atom stereocenters. The van der Waals surface area contributed by atoms with E-state index in [-0.39, 0.29) is 10.7 Å². The lowest BCUT2D eigenvalue weighted by Gasteiger charge is -2.30. The zero-order valence-corrected chi connectivity index (χ0v) is 18.7. The summed E-state index contributed by atoms with van der Waals surface area (Å²) in [6.07, 6.45) is 3.31. The number of carbonyl (C=O) groups excluding carboxylic acids is 2. The normalized spacial score (nSPS) is 15.5. The predicted octanol–water partition coefficient (Wildman–Crippen LogP) is 4.28. The molecule has 3 heterocycles. The Hall–Kier alpha value is -3.29. The first kappa shape index (κ1) is 21.0. The highest BCUT2D eigenvalue weighted by atomic mass is 35.5. The Morgan fingerprint density at radius 2 is 1.87 bits per heavy atom. The van der Waals surface area contributed by atoms with Crippen LogP contribution in [0, 0.1) is 20.8 Å². The molecule has 6 nitrogen and oxygen atoms in total. The van der Waals surface area contributed by atoms with E-state index < -0.39 is 11.8 Å². The van der Waals surface area contributed by atoms with Crippen LogP contribution in [-0.4, -0.2) is 26.5 Å². The Morgan fingerprint density at radius 3 is 2.58 bits per heavy atom. The maximum atomic E-state index is 13.3. The number of aromatic nitrogens is 2. The lowest BCUT2D eigenvalue weighted by atomic mass is 10.1. The van der Waals surface area contributed by atoms with Crippen molar-refractivity contribution in [1.82, 2.24) is 14.9 Å². The minimum absolute atomic E-state index is 0.00533. The van der Waals surface area contributed by atoms with E-state index >= 15 is 0 Å². The van der Waals surface area contributed by atoms with Crippen molar-refractivity contribution in [2.75, 3.05) is 4.90 Å². The second kappa shape index (κ2) is 8.09. The highest BCUT2D eigenvalue weighted by Crippen LogP contribution is 2.30. The standard InChI is InChI=1S/C23H19ClN4O2S/c1-13-11-16(15(3)27(13)20-9-4-5-10-25-20)12-17-21(29)26-23(31)28(22(17)30)19-8-6-7-18(24)14(19)2/h4-12H,1-3H3,(H,26,29,31)/b17-12+. The van der Waals surface area contributed by atoms with Gasteiger partial charge in [0.25, 0.3) is 11.8 Å². The number of aryl methyl sites for hydroxylation is 1. The van der Waals surface area contributed by atoms with E-state index in [1.54, 1.807) is 37.4 Å². The van der Waals surface area contributed by atoms with E-state index in [4.69, 9.17) is 23.8 Å². The lowest BCUT2D eigenvalue weighted by molar-refractivity contribution is -0.122. The Balaban J connectivity index is 1.79. The average Bonchev–Trinajstić information content (AvgIpc) is 3.02. The van der Waals surface area contributed by atoms with Crippen LogP contribution in [0.15, 0.2) is 54.2 Å². The van der Waals surface area contributed by atoms with Crippen molar-refractivity contribution in [3.05, 3.63) is 81.8 Å². The van der Waals surface area contributed by atoms with Crippen LogP contribution in [0.2, 0.25) is 5.02 Å². The fourth-order valence-corrected chi connectivity index (χ4v) is 4.09. The van der Waals surface area contributed by atoms with E-state index in [0.29, 0.717) is 16.3 Å². The van der Waals surface area contributed by atoms with E-state index in [0.717, 1.165) is 22.8 Å². The molecule has 156 valence electrons. The first-order valence-electron chi connectivity index (χ1n) is 9.56. The number of anilines is 1. The van der Waals surface area contributed by atoms with Crippen molar-refractivity contribution in [3.8, 4) is 5.82 Å². The van der Waals surface area contributed by atoms with Gasteiger partial charge in [0.05, 0.1) is 5.69 Å². The number of hydrogen-bond acceptors (Lipinski definition) is 4. The van der Waals surface area contributed by atoms with Gasteiger partial charge < -0.3 is 4.57 Å². The highest BCUT2D eigenvalue weighted by Gasteiger charge is 2.35. The largest absolute Gasteiger partial charge is 0.303 e. The Labute approximate surface area is 190 Å². The molecule has 0 radical (unpaired) electrons. The van der Waals surface area contributed by atoms with Gasteiger partial charge in [0, 0.05) is 22.6 Å². The monoisotopic (exact) mass is 450 g/mol. The minimum atomic E-state index is -0.534. The second-order valence-corrected chi connectivity index (χ2v) is 7.99. The van der Waals surface area contributed by atoms with E-state index in [2.05, 4.69) is 10.3 Å². The van der Waals surface area contributed by atoms with Crippen LogP contribution in [0.3, 0.4) is 0 Å². The van der Waals surface area contributed by atoms with Gasteiger partial charge in [-0.3, -0.25) is 19.8 Å². The summed E-state index contributed by atoms with van der Waals surface area (Å²) < 4.78 is 1.97. The van der Waals surface area contributed by atoms with Crippen LogP contribution in [0.4, 0.5) is 5.69 Å². The maximum Gasteiger partial charge on any atom is 0.270 e. The van der Waals surface area contributed by atoms with Crippen molar-refractivity contribution in [3.63, 3.8) is 0 Å². The molecule has 3 aromatic rings. The van der Waals surface area contributed by atoms with Crippen molar-refractivity contribution < 1.29 is 9.59 Å². The predicted molar refractivity (Wildman–Crippen MR) is 125 cm³/mol. The molecule has 31 heavy (non-hydrogen) atoms. The smallest absolute Gasteiger partial charge is 0.270 e. The molecule has 1 N–H and O–H groups in total. The van der Waals surface area contributed by atoms with Gasteiger partial charge in [-0.25, -0.2) is 4.98 Å². The molecule has 2 aromatic heterocycles. The summed E-state index contributed by atoms with van der Waals surface area (Å²) >= 11 is 11.5. The summed E-state index contributed by atoms with van der Waals surface area (Å²) in [5.74, 6) is -0.269. The Kier molecular flexibility index (Phi) is 5.47. The summed E-state index contributed by atoms with van der Waals surface area (Å²) in [6, 6.07) is 12.8. The van der Waals surface area contributed by atoms with Crippen LogP contribution >= 0.6 is 23.8 Å². The average molecular weight is 451 g/mol.